The van der Waals surface area contributed by atoms with Gasteiger partial charge in [0.25, 0.3) is 0 Å². The van der Waals surface area contributed by atoms with Gasteiger partial charge in [0.2, 0.25) is 0 Å². The van der Waals surface area contributed by atoms with Gasteiger partial charge in [0.1, 0.15) is 0 Å². The van der Waals surface area contributed by atoms with Crippen LogP contribution in [0.5, 0.6) is 0 Å². The molecule has 1 unspecified atom stereocenters. The second-order valence-corrected chi connectivity index (χ2v) is 9.42. The van der Waals surface area contributed by atoms with E-state index < -0.39 is 8.32 Å². The van der Waals surface area contributed by atoms with Crippen LogP contribution >= 0.6 is 11.8 Å². The molecule has 0 heterocycles. The van der Waals surface area contributed by atoms with Gasteiger partial charge in [0, 0.05) is 0 Å². The standard InChI is InChI=1S/C8H20OSSi/c1-6-8(10-7-2)9-11(3,4)5/h8H,6-7H2,1-5H3. The Morgan fingerprint density at radius 2 is 1.82 bits per heavy atom. The van der Waals surface area contributed by atoms with Crippen LogP contribution in [0.2, 0.25) is 19.6 Å². The van der Waals surface area contributed by atoms with Gasteiger partial charge in [-0.05, 0) is 31.8 Å². The Hall–Kier alpha value is 0.527. The van der Waals surface area contributed by atoms with Crippen LogP contribution < -0.4 is 0 Å². The zero-order valence-corrected chi connectivity index (χ0v) is 10.1. The van der Waals surface area contributed by atoms with Crippen molar-refractivity contribution < 1.29 is 4.43 Å². The van der Waals surface area contributed by atoms with Crippen LogP contribution in [-0.2, 0) is 4.43 Å². The highest BCUT2D eigenvalue weighted by molar-refractivity contribution is 7.99. The second kappa shape index (κ2) is 5.22. The second-order valence-electron chi connectivity index (χ2n) is 3.52. The molecule has 0 saturated heterocycles. The van der Waals surface area contributed by atoms with Crippen molar-refractivity contribution in [2.45, 2.75) is 45.3 Å². The summed E-state index contributed by atoms with van der Waals surface area (Å²) in [5.74, 6) is 1.16. The van der Waals surface area contributed by atoms with Crippen LogP contribution in [0, 0.1) is 0 Å². The quantitative estimate of drug-likeness (QED) is 0.488. The largest absolute Gasteiger partial charge is 0.406 e. The van der Waals surface area contributed by atoms with Gasteiger partial charge in [-0.25, -0.2) is 0 Å². The van der Waals surface area contributed by atoms with E-state index in [1.165, 1.54) is 0 Å². The first-order chi connectivity index (χ1) is 4.99. The molecule has 0 radical (unpaired) electrons. The highest BCUT2D eigenvalue weighted by Gasteiger charge is 2.19. The van der Waals surface area contributed by atoms with Crippen molar-refractivity contribution in [3.63, 3.8) is 0 Å². The van der Waals surface area contributed by atoms with E-state index in [0.29, 0.717) is 5.44 Å². The molecule has 0 aromatic heterocycles. The lowest BCUT2D eigenvalue weighted by molar-refractivity contribution is 0.277. The summed E-state index contributed by atoms with van der Waals surface area (Å²) < 4.78 is 5.93. The van der Waals surface area contributed by atoms with Gasteiger partial charge in [-0.3, -0.25) is 0 Å². The topological polar surface area (TPSA) is 9.23 Å². The van der Waals surface area contributed by atoms with Crippen molar-refractivity contribution in [2.75, 3.05) is 5.75 Å². The molecule has 0 amide bonds. The lowest BCUT2D eigenvalue weighted by Gasteiger charge is -2.24. The van der Waals surface area contributed by atoms with Crippen LogP contribution in [0.15, 0.2) is 0 Å². The molecular formula is C8H20OSSi. The van der Waals surface area contributed by atoms with Crippen molar-refractivity contribution in [1.82, 2.24) is 0 Å². The Bertz CT molecular complexity index is 101. The minimum Gasteiger partial charge on any atom is -0.406 e. The molecule has 1 atom stereocenters. The smallest absolute Gasteiger partial charge is 0.185 e. The monoisotopic (exact) mass is 192 g/mol. The Morgan fingerprint density at radius 3 is 2.09 bits per heavy atom. The van der Waals surface area contributed by atoms with Crippen molar-refractivity contribution in [3.05, 3.63) is 0 Å². The highest BCUT2D eigenvalue weighted by atomic mass is 32.2. The summed E-state index contributed by atoms with van der Waals surface area (Å²) in [6.07, 6.45) is 1.13. The molecule has 0 rings (SSSR count). The van der Waals surface area contributed by atoms with E-state index in [0.717, 1.165) is 12.2 Å². The number of thioether (sulfide) groups is 1. The Balaban J connectivity index is 3.68. The van der Waals surface area contributed by atoms with Gasteiger partial charge < -0.3 is 4.43 Å². The molecule has 0 bridgehead atoms. The molecule has 11 heavy (non-hydrogen) atoms. The number of rotatable bonds is 5. The third-order valence-electron chi connectivity index (χ3n) is 1.17. The summed E-state index contributed by atoms with van der Waals surface area (Å²) in [5.41, 5.74) is 0.437. The highest BCUT2D eigenvalue weighted by Crippen LogP contribution is 2.19. The van der Waals surface area contributed by atoms with E-state index in [-0.39, 0.29) is 0 Å². The average Bonchev–Trinajstić information content (AvgIpc) is 1.84. The summed E-state index contributed by atoms with van der Waals surface area (Å²) in [7, 11) is -1.30. The Morgan fingerprint density at radius 1 is 1.27 bits per heavy atom. The summed E-state index contributed by atoms with van der Waals surface area (Å²) >= 11 is 1.92. The Kier molecular flexibility index (Phi) is 5.47. The lowest BCUT2D eigenvalue weighted by atomic mass is 10.5. The van der Waals surface area contributed by atoms with E-state index in [1.54, 1.807) is 0 Å². The maximum absolute atomic E-state index is 5.93. The van der Waals surface area contributed by atoms with Crippen molar-refractivity contribution in [1.29, 1.82) is 0 Å². The minimum absolute atomic E-state index is 0.437. The molecular weight excluding hydrogens is 172 g/mol. The van der Waals surface area contributed by atoms with Gasteiger partial charge in [-0.15, -0.1) is 11.8 Å². The fourth-order valence-electron chi connectivity index (χ4n) is 0.815. The van der Waals surface area contributed by atoms with Gasteiger partial charge in [0.05, 0.1) is 5.44 Å². The third-order valence-corrected chi connectivity index (χ3v) is 3.47. The first-order valence-corrected chi connectivity index (χ1v) is 8.74. The predicted molar refractivity (Wildman–Crippen MR) is 56.6 cm³/mol. The third kappa shape index (κ3) is 6.91. The molecule has 0 aliphatic heterocycles. The van der Waals surface area contributed by atoms with Gasteiger partial charge in [-0.1, -0.05) is 13.8 Å². The SMILES string of the molecule is CCSC(CC)O[Si](C)(C)C. The molecule has 0 aromatic rings. The number of hydrogen-bond donors (Lipinski definition) is 0. The predicted octanol–water partition coefficient (Wildman–Crippen LogP) is 3.33. The first-order valence-electron chi connectivity index (χ1n) is 4.29. The van der Waals surface area contributed by atoms with Crippen LogP contribution in [-0.4, -0.2) is 19.5 Å². The van der Waals surface area contributed by atoms with Crippen LogP contribution in [0.4, 0.5) is 0 Å². The van der Waals surface area contributed by atoms with E-state index in [4.69, 9.17) is 4.43 Å². The normalized spacial score (nSPS) is 15.0. The lowest BCUT2D eigenvalue weighted by Crippen LogP contribution is -2.30. The zero-order valence-electron chi connectivity index (χ0n) is 8.31. The summed E-state index contributed by atoms with van der Waals surface area (Å²) in [6.45, 7) is 11.1. The molecule has 68 valence electrons. The molecule has 0 fully saturated rings. The van der Waals surface area contributed by atoms with Crippen LogP contribution in [0.3, 0.4) is 0 Å². The minimum atomic E-state index is -1.30. The average molecular weight is 192 g/mol. The van der Waals surface area contributed by atoms with E-state index in [2.05, 4.69) is 33.5 Å². The van der Waals surface area contributed by atoms with E-state index in [1.807, 2.05) is 11.8 Å². The van der Waals surface area contributed by atoms with Gasteiger partial charge >= 0.3 is 0 Å². The molecule has 0 saturated carbocycles. The molecule has 0 N–H and O–H groups in total. The molecule has 0 aliphatic carbocycles. The molecule has 1 nitrogen and oxygen atoms in total. The summed E-state index contributed by atoms with van der Waals surface area (Å²) in [5, 5.41) is 0. The van der Waals surface area contributed by atoms with Crippen molar-refractivity contribution >= 4 is 20.1 Å². The number of hydrogen-bond acceptors (Lipinski definition) is 2. The van der Waals surface area contributed by atoms with Crippen LogP contribution in [0.25, 0.3) is 0 Å². The molecule has 0 aromatic carbocycles. The maximum Gasteiger partial charge on any atom is 0.185 e. The van der Waals surface area contributed by atoms with Gasteiger partial charge in [-0.2, -0.15) is 0 Å². The molecule has 0 aliphatic rings. The fourth-order valence-corrected chi connectivity index (χ4v) is 3.52. The molecule has 3 heteroatoms. The first kappa shape index (κ1) is 11.5. The van der Waals surface area contributed by atoms with Gasteiger partial charge in [0.15, 0.2) is 8.32 Å². The van der Waals surface area contributed by atoms with E-state index in [9.17, 15) is 0 Å². The molecule has 0 spiro atoms. The maximum atomic E-state index is 5.93. The fraction of sp³-hybridized carbons (Fsp3) is 1.00. The van der Waals surface area contributed by atoms with Crippen LogP contribution in [0.1, 0.15) is 20.3 Å². The van der Waals surface area contributed by atoms with Crippen molar-refractivity contribution in [2.24, 2.45) is 0 Å². The Labute approximate surface area is 76.0 Å². The zero-order chi connectivity index (χ0) is 8.91. The summed E-state index contributed by atoms with van der Waals surface area (Å²) in [6, 6.07) is 0. The van der Waals surface area contributed by atoms with Crippen molar-refractivity contribution in [3.8, 4) is 0 Å². The summed E-state index contributed by atoms with van der Waals surface area (Å²) in [4.78, 5) is 0. The van der Waals surface area contributed by atoms with E-state index >= 15 is 0 Å².